The van der Waals surface area contributed by atoms with Gasteiger partial charge in [-0.1, -0.05) is 12.1 Å². The fourth-order valence-corrected chi connectivity index (χ4v) is 3.68. The number of nitrogens with one attached hydrogen (secondary N) is 1. The molecule has 1 heterocycles. The highest BCUT2D eigenvalue weighted by Crippen LogP contribution is 2.46. The summed E-state index contributed by atoms with van der Waals surface area (Å²) in [5.74, 6) is 0.780. The van der Waals surface area contributed by atoms with E-state index in [0.29, 0.717) is 39.8 Å². The number of carbonyl (C=O) groups is 1. The van der Waals surface area contributed by atoms with Crippen LogP contribution < -0.4 is 24.4 Å². The summed E-state index contributed by atoms with van der Waals surface area (Å²) in [6, 6.07) is 16.6. The highest BCUT2D eigenvalue weighted by molar-refractivity contribution is 6.12. The van der Waals surface area contributed by atoms with Crippen LogP contribution in [0, 0.1) is 5.82 Å². The minimum atomic E-state index is -0.618. The second-order valence-electron chi connectivity index (χ2n) is 6.67. The number of methoxy groups -OCH3 is 3. The van der Waals surface area contributed by atoms with Crippen LogP contribution in [0.3, 0.4) is 0 Å². The topological polar surface area (TPSA) is 60.0 Å². The van der Waals surface area contributed by atoms with Crippen molar-refractivity contribution in [3.05, 3.63) is 77.6 Å². The maximum atomic E-state index is 13.5. The Morgan fingerprint density at radius 3 is 2.23 bits per heavy atom. The standard InChI is InChI=1S/C23H21FN2O4/c1-28-19-13-12-17(20(29-2)21(19)30-3)22-25-18-7-5-4-6-16(18)23(27)26(22)15-10-8-14(24)9-11-15/h4-13,22,25H,1-3H3/t22-/m0/s1. The van der Waals surface area contributed by atoms with E-state index < -0.39 is 6.17 Å². The van der Waals surface area contributed by atoms with Crippen LogP contribution in [0.1, 0.15) is 22.1 Å². The van der Waals surface area contributed by atoms with Crippen molar-refractivity contribution >= 4 is 17.3 Å². The lowest BCUT2D eigenvalue weighted by Crippen LogP contribution is -2.43. The molecule has 0 saturated carbocycles. The van der Waals surface area contributed by atoms with E-state index >= 15 is 0 Å². The lowest BCUT2D eigenvalue weighted by atomic mass is 10.0. The molecule has 0 radical (unpaired) electrons. The first-order valence-corrected chi connectivity index (χ1v) is 9.32. The summed E-state index contributed by atoms with van der Waals surface area (Å²) in [5.41, 5.74) is 2.44. The molecule has 6 nitrogen and oxygen atoms in total. The third kappa shape index (κ3) is 3.18. The molecule has 1 N–H and O–H groups in total. The molecule has 1 aliphatic heterocycles. The van der Waals surface area contributed by atoms with Gasteiger partial charge in [-0.3, -0.25) is 9.69 Å². The van der Waals surface area contributed by atoms with Gasteiger partial charge in [-0.05, 0) is 48.5 Å². The highest BCUT2D eigenvalue weighted by atomic mass is 19.1. The summed E-state index contributed by atoms with van der Waals surface area (Å²) in [7, 11) is 4.60. The molecule has 0 bridgehead atoms. The van der Waals surface area contributed by atoms with Crippen molar-refractivity contribution in [3.8, 4) is 17.2 Å². The molecule has 4 rings (SSSR count). The van der Waals surface area contributed by atoms with Crippen LogP contribution in [0.25, 0.3) is 0 Å². The van der Waals surface area contributed by atoms with Gasteiger partial charge in [0.25, 0.3) is 5.91 Å². The molecule has 0 fully saturated rings. The molecule has 0 aliphatic carbocycles. The van der Waals surface area contributed by atoms with Crippen molar-refractivity contribution in [3.63, 3.8) is 0 Å². The van der Waals surface area contributed by atoms with E-state index in [2.05, 4.69) is 5.32 Å². The minimum Gasteiger partial charge on any atom is -0.493 e. The van der Waals surface area contributed by atoms with Gasteiger partial charge in [0.05, 0.1) is 26.9 Å². The Bertz CT molecular complexity index is 1090. The molecule has 1 amide bonds. The Balaban J connectivity index is 1.92. The van der Waals surface area contributed by atoms with Gasteiger partial charge in [-0.25, -0.2) is 4.39 Å². The van der Waals surface area contributed by atoms with Gasteiger partial charge >= 0.3 is 0 Å². The predicted octanol–water partition coefficient (Wildman–Crippen LogP) is 4.62. The fraction of sp³-hybridized carbons (Fsp3) is 0.174. The Kier molecular flexibility index (Phi) is 5.18. The monoisotopic (exact) mass is 408 g/mol. The molecular weight excluding hydrogens is 387 g/mol. The first-order valence-electron chi connectivity index (χ1n) is 9.32. The molecule has 0 unspecified atom stereocenters. The van der Waals surface area contributed by atoms with Gasteiger partial charge in [0.1, 0.15) is 12.0 Å². The Hall–Kier alpha value is -3.74. The van der Waals surface area contributed by atoms with Crippen molar-refractivity contribution < 1.29 is 23.4 Å². The molecule has 0 saturated heterocycles. The third-order valence-electron chi connectivity index (χ3n) is 5.06. The van der Waals surface area contributed by atoms with E-state index in [9.17, 15) is 9.18 Å². The number of anilines is 2. The van der Waals surface area contributed by atoms with Crippen molar-refractivity contribution in [2.24, 2.45) is 0 Å². The normalized spacial score (nSPS) is 15.3. The summed E-state index contributed by atoms with van der Waals surface area (Å²) in [6.07, 6.45) is -0.618. The molecule has 3 aromatic carbocycles. The average molecular weight is 408 g/mol. The van der Waals surface area contributed by atoms with Gasteiger partial charge in [-0.2, -0.15) is 0 Å². The van der Waals surface area contributed by atoms with E-state index in [-0.39, 0.29) is 11.7 Å². The molecule has 30 heavy (non-hydrogen) atoms. The van der Waals surface area contributed by atoms with Gasteiger partial charge in [0.2, 0.25) is 5.75 Å². The van der Waals surface area contributed by atoms with E-state index in [0.717, 1.165) is 0 Å². The van der Waals surface area contributed by atoms with E-state index in [4.69, 9.17) is 14.2 Å². The van der Waals surface area contributed by atoms with E-state index in [1.807, 2.05) is 18.2 Å². The largest absolute Gasteiger partial charge is 0.493 e. The van der Waals surface area contributed by atoms with E-state index in [1.165, 1.54) is 26.4 Å². The van der Waals surface area contributed by atoms with Crippen molar-refractivity contribution in [1.82, 2.24) is 0 Å². The molecule has 0 aromatic heterocycles. The maximum absolute atomic E-state index is 13.5. The quantitative estimate of drug-likeness (QED) is 0.667. The second kappa shape index (κ2) is 7.94. The van der Waals surface area contributed by atoms with Crippen molar-refractivity contribution in [2.75, 3.05) is 31.5 Å². The number of ether oxygens (including phenoxy) is 3. The maximum Gasteiger partial charge on any atom is 0.262 e. The number of benzene rings is 3. The van der Waals surface area contributed by atoms with Crippen LogP contribution >= 0.6 is 0 Å². The second-order valence-corrected chi connectivity index (χ2v) is 6.67. The molecule has 3 aromatic rings. The summed E-state index contributed by atoms with van der Waals surface area (Å²) in [6.45, 7) is 0. The molecular formula is C23H21FN2O4. The van der Waals surface area contributed by atoms with Crippen LogP contribution in [-0.4, -0.2) is 27.2 Å². The van der Waals surface area contributed by atoms with Crippen LogP contribution in [0.2, 0.25) is 0 Å². The smallest absolute Gasteiger partial charge is 0.262 e. The SMILES string of the molecule is COc1ccc([C@H]2Nc3ccccc3C(=O)N2c2ccc(F)cc2)c(OC)c1OC. The van der Waals surface area contributed by atoms with Crippen LogP contribution in [-0.2, 0) is 0 Å². The van der Waals surface area contributed by atoms with E-state index in [1.54, 1.807) is 42.3 Å². The van der Waals surface area contributed by atoms with Crippen molar-refractivity contribution in [2.45, 2.75) is 6.17 Å². The lowest BCUT2D eigenvalue weighted by Gasteiger charge is -2.38. The lowest BCUT2D eigenvalue weighted by molar-refractivity contribution is 0.0974. The number of nitrogens with zero attached hydrogens (tertiary/aromatic N) is 1. The third-order valence-corrected chi connectivity index (χ3v) is 5.06. The minimum absolute atomic E-state index is 0.210. The summed E-state index contributed by atoms with van der Waals surface area (Å²) in [4.78, 5) is 15.0. The number of hydrogen-bond acceptors (Lipinski definition) is 5. The zero-order valence-corrected chi connectivity index (χ0v) is 16.8. The van der Waals surface area contributed by atoms with Crippen LogP contribution in [0.5, 0.6) is 17.2 Å². The van der Waals surface area contributed by atoms with Gasteiger partial charge in [0, 0.05) is 16.9 Å². The summed E-state index contributed by atoms with van der Waals surface area (Å²) < 4.78 is 30.1. The number of halogens is 1. The summed E-state index contributed by atoms with van der Waals surface area (Å²) in [5, 5.41) is 3.41. The molecule has 1 atom stereocenters. The zero-order valence-electron chi connectivity index (χ0n) is 16.8. The van der Waals surface area contributed by atoms with Gasteiger partial charge in [-0.15, -0.1) is 0 Å². The number of hydrogen-bond donors (Lipinski definition) is 1. The first kappa shape index (κ1) is 19.6. The van der Waals surface area contributed by atoms with Crippen LogP contribution in [0.15, 0.2) is 60.7 Å². The number of rotatable bonds is 5. The van der Waals surface area contributed by atoms with Gasteiger partial charge in [0.15, 0.2) is 11.5 Å². The number of carbonyl (C=O) groups excluding carboxylic acids is 1. The summed E-state index contributed by atoms with van der Waals surface area (Å²) >= 11 is 0. The Morgan fingerprint density at radius 1 is 0.867 bits per heavy atom. The highest BCUT2D eigenvalue weighted by Gasteiger charge is 2.36. The molecule has 1 aliphatic rings. The fourth-order valence-electron chi connectivity index (χ4n) is 3.68. The molecule has 154 valence electrons. The Morgan fingerprint density at radius 2 is 1.57 bits per heavy atom. The first-order chi connectivity index (χ1) is 14.6. The van der Waals surface area contributed by atoms with Crippen LogP contribution in [0.4, 0.5) is 15.8 Å². The molecule has 7 heteroatoms. The van der Waals surface area contributed by atoms with Crippen molar-refractivity contribution in [1.29, 1.82) is 0 Å². The Labute approximate surface area is 173 Å². The number of para-hydroxylation sites is 1. The predicted molar refractivity (Wildman–Crippen MR) is 112 cm³/mol. The number of fused-ring (bicyclic) bond motifs is 1. The average Bonchev–Trinajstić information content (AvgIpc) is 2.78. The number of amides is 1. The van der Waals surface area contributed by atoms with Gasteiger partial charge < -0.3 is 19.5 Å². The molecule has 0 spiro atoms. The zero-order chi connectivity index (χ0) is 21.3.